The van der Waals surface area contributed by atoms with Gasteiger partial charge in [-0.15, -0.1) is 0 Å². The minimum absolute atomic E-state index is 0.0443. The maximum Gasteiger partial charge on any atom is 0.230 e. The molecule has 2 N–H and O–H groups in total. The van der Waals surface area contributed by atoms with Gasteiger partial charge < -0.3 is 15.3 Å². The van der Waals surface area contributed by atoms with Crippen LogP contribution in [0, 0.1) is 12.8 Å². The van der Waals surface area contributed by atoms with E-state index in [1.54, 1.807) is 0 Å². The smallest absolute Gasteiger partial charge is 0.230 e. The number of nitrogens with one attached hydrogen (secondary N) is 1. The molecule has 2 fully saturated rings. The molecule has 3 unspecified atom stereocenters. The molecule has 3 rings (SSSR count). The summed E-state index contributed by atoms with van der Waals surface area (Å²) in [6.07, 6.45) is 5.79. The van der Waals surface area contributed by atoms with Gasteiger partial charge in [-0.2, -0.15) is 0 Å². The van der Waals surface area contributed by atoms with E-state index in [1.165, 1.54) is 24.9 Å². The molecular formula is C19H28N2O2. The summed E-state index contributed by atoms with van der Waals surface area (Å²) in [5.74, 6) is -0.298. The molecule has 1 saturated heterocycles. The first-order chi connectivity index (χ1) is 11.1. The Morgan fingerprint density at radius 1 is 1.22 bits per heavy atom. The number of aliphatic hydroxyl groups is 1. The van der Waals surface area contributed by atoms with Crippen LogP contribution in [0.3, 0.4) is 0 Å². The van der Waals surface area contributed by atoms with Crippen molar-refractivity contribution in [2.75, 3.05) is 16.8 Å². The van der Waals surface area contributed by atoms with Crippen molar-refractivity contribution >= 4 is 17.3 Å². The zero-order valence-electron chi connectivity index (χ0n) is 14.2. The molecule has 0 aromatic heterocycles. The largest absolute Gasteiger partial charge is 0.392 e. The summed E-state index contributed by atoms with van der Waals surface area (Å²) in [5.41, 5.74) is 3.19. The van der Waals surface area contributed by atoms with Crippen molar-refractivity contribution in [1.82, 2.24) is 0 Å². The summed E-state index contributed by atoms with van der Waals surface area (Å²) in [4.78, 5) is 14.8. The van der Waals surface area contributed by atoms with Crippen molar-refractivity contribution in [1.29, 1.82) is 0 Å². The van der Waals surface area contributed by atoms with Crippen LogP contribution in [0.4, 0.5) is 11.4 Å². The van der Waals surface area contributed by atoms with E-state index in [0.29, 0.717) is 6.04 Å². The summed E-state index contributed by atoms with van der Waals surface area (Å²) < 4.78 is 0. The van der Waals surface area contributed by atoms with Gasteiger partial charge in [-0.3, -0.25) is 4.79 Å². The van der Waals surface area contributed by atoms with Gasteiger partial charge in [0.05, 0.1) is 12.0 Å². The third-order valence-corrected chi connectivity index (χ3v) is 5.42. The molecule has 0 spiro atoms. The average Bonchev–Trinajstić information content (AvgIpc) is 2.96. The number of nitrogens with zero attached hydrogens (tertiary/aromatic N) is 1. The Kier molecular flexibility index (Phi) is 4.90. The van der Waals surface area contributed by atoms with Gasteiger partial charge in [0.1, 0.15) is 0 Å². The fourth-order valence-corrected chi connectivity index (χ4v) is 3.92. The Morgan fingerprint density at radius 2 is 2.04 bits per heavy atom. The number of amides is 1. The van der Waals surface area contributed by atoms with E-state index in [0.717, 1.165) is 37.1 Å². The SMILES string of the molecule is Cc1cc(N2CCCCC2C)ccc1NC(=O)C1CCCC1O. The van der Waals surface area contributed by atoms with Crippen molar-refractivity contribution in [2.24, 2.45) is 5.92 Å². The van der Waals surface area contributed by atoms with Crippen LogP contribution in [0.15, 0.2) is 18.2 Å². The summed E-state index contributed by atoms with van der Waals surface area (Å²) in [7, 11) is 0. The Hall–Kier alpha value is -1.55. The molecule has 4 nitrogen and oxygen atoms in total. The molecule has 0 bridgehead atoms. The van der Waals surface area contributed by atoms with Crippen LogP contribution >= 0.6 is 0 Å². The van der Waals surface area contributed by atoms with Crippen LogP contribution in [0.5, 0.6) is 0 Å². The van der Waals surface area contributed by atoms with Gasteiger partial charge in [0.2, 0.25) is 5.91 Å². The lowest BCUT2D eigenvalue weighted by Gasteiger charge is -2.35. The highest BCUT2D eigenvalue weighted by Gasteiger charge is 2.31. The predicted octanol–water partition coefficient (Wildman–Crippen LogP) is 3.47. The van der Waals surface area contributed by atoms with Gasteiger partial charge >= 0.3 is 0 Å². The summed E-state index contributed by atoms with van der Waals surface area (Å²) in [5, 5.41) is 12.9. The van der Waals surface area contributed by atoms with Crippen LogP contribution in [0.2, 0.25) is 0 Å². The number of carbonyl (C=O) groups excluding carboxylic acids is 1. The third-order valence-electron chi connectivity index (χ3n) is 5.42. The van der Waals surface area contributed by atoms with Crippen molar-refractivity contribution in [3.05, 3.63) is 23.8 Å². The first-order valence-electron chi connectivity index (χ1n) is 8.92. The van der Waals surface area contributed by atoms with Crippen LogP contribution < -0.4 is 10.2 Å². The molecule has 2 aliphatic rings. The molecule has 1 amide bonds. The summed E-state index contributed by atoms with van der Waals surface area (Å²) >= 11 is 0. The number of hydrogen-bond acceptors (Lipinski definition) is 3. The van der Waals surface area contributed by atoms with E-state index in [-0.39, 0.29) is 11.8 Å². The molecule has 4 heteroatoms. The second kappa shape index (κ2) is 6.91. The van der Waals surface area contributed by atoms with Crippen LogP contribution in [0.1, 0.15) is 51.0 Å². The van der Waals surface area contributed by atoms with Gasteiger partial charge in [-0.05, 0) is 76.1 Å². The number of carbonyl (C=O) groups is 1. The molecule has 1 aromatic carbocycles. The maximum atomic E-state index is 12.3. The Morgan fingerprint density at radius 3 is 2.70 bits per heavy atom. The van der Waals surface area contributed by atoms with Gasteiger partial charge in [0.15, 0.2) is 0 Å². The number of rotatable bonds is 3. The third kappa shape index (κ3) is 3.52. The zero-order chi connectivity index (χ0) is 16.4. The van der Waals surface area contributed by atoms with Gasteiger partial charge in [-0.25, -0.2) is 0 Å². The van der Waals surface area contributed by atoms with E-state index in [2.05, 4.69) is 29.3 Å². The van der Waals surface area contributed by atoms with Crippen LogP contribution in [-0.2, 0) is 4.79 Å². The lowest BCUT2D eigenvalue weighted by Crippen LogP contribution is -2.37. The average molecular weight is 316 g/mol. The predicted molar refractivity (Wildman–Crippen MR) is 93.8 cm³/mol. The highest BCUT2D eigenvalue weighted by molar-refractivity contribution is 5.94. The minimum atomic E-state index is -0.483. The van der Waals surface area contributed by atoms with Gasteiger partial charge in [0, 0.05) is 24.0 Å². The zero-order valence-corrected chi connectivity index (χ0v) is 14.2. The molecule has 1 aliphatic carbocycles. The standard InChI is InChI=1S/C19H28N2O2/c1-13-12-15(21-11-4-3-6-14(21)2)9-10-17(13)20-19(23)16-7-5-8-18(16)22/h9-10,12,14,16,18,22H,3-8,11H2,1-2H3,(H,20,23). The molecule has 1 aromatic rings. The van der Waals surface area contributed by atoms with E-state index >= 15 is 0 Å². The lowest BCUT2D eigenvalue weighted by molar-refractivity contribution is -0.122. The summed E-state index contributed by atoms with van der Waals surface area (Å²) in [6.45, 7) is 5.44. The van der Waals surface area contributed by atoms with E-state index in [4.69, 9.17) is 0 Å². The number of hydrogen-bond donors (Lipinski definition) is 2. The van der Waals surface area contributed by atoms with Crippen molar-refractivity contribution in [2.45, 2.75) is 64.5 Å². The second-order valence-electron chi connectivity index (χ2n) is 7.13. The fourth-order valence-electron chi connectivity index (χ4n) is 3.92. The quantitative estimate of drug-likeness (QED) is 0.898. The minimum Gasteiger partial charge on any atom is -0.392 e. The number of aryl methyl sites for hydroxylation is 1. The van der Waals surface area contributed by atoms with E-state index < -0.39 is 6.10 Å². The molecule has 3 atom stereocenters. The Labute approximate surface area is 138 Å². The number of aliphatic hydroxyl groups excluding tert-OH is 1. The van der Waals surface area contributed by atoms with Crippen LogP contribution in [0.25, 0.3) is 0 Å². The van der Waals surface area contributed by atoms with Crippen molar-refractivity contribution in [3.63, 3.8) is 0 Å². The molecule has 126 valence electrons. The van der Waals surface area contributed by atoms with E-state index in [1.807, 2.05) is 13.0 Å². The monoisotopic (exact) mass is 316 g/mol. The lowest BCUT2D eigenvalue weighted by atomic mass is 10.0. The summed E-state index contributed by atoms with van der Waals surface area (Å²) in [6, 6.07) is 6.86. The Balaban J connectivity index is 1.70. The topological polar surface area (TPSA) is 52.6 Å². The van der Waals surface area contributed by atoms with Crippen LogP contribution in [-0.4, -0.2) is 29.7 Å². The first-order valence-corrected chi connectivity index (χ1v) is 8.92. The fraction of sp³-hybridized carbons (Fsp3) is 0.632. The van der Waals surface area contributed by atoms with E-state index in [9.17, 15) is 9.90 Å². The normalized spacial score (nSPS) is 28.0. The Bertz CT molecular complexity index is 572. The molecule has 0 radical (unpaired) electrons. The van der Waals surface area contributed by atoms with Crippen molar-refractivity contribution < 1.29 is 9.90 Å². The second-order valence-corrected chi connectivity index (χ2v) is 7.13. The molecule has 1 heterocycles. The highest BCUT2D eigenvalue weighted by atomic mass is 16.3. The van der Waals surface area contributed by atoms with Gasteiger partial charge in [0.25, 0.3) is 0 Å². The maximum absolute atomic E-state index is 12.3. The van der Waals surface area contributed by atoms with Gasteiger partial charge in [-0.1, -0.05) is 0 Å². The van der Waals surface area contributed by atoms with Crippen molar-refractivity contribution in [3.8, 4) is 0 Å². The molecule has 1 saturated carbocycles. The number of anilines is 2. The molecular weight excluding hydrogens is 288 g/mol. The molecule has 23 heavy (non-hydrogen) atoms. The highest BCUT2D eigenvalue weighted by Crippen LogP contribution is 2.30. The molecule has 1 aliphatic heterocycles. The number of piperidine rings is 1. The first kappa shape index (κ1) is 16.3. The number of benzene rings is 1.